The number of aromatic amines is 1. The number of pyridine rings is 1. The lowest BCUT2D eigenvalue weighted by Gasteiger charge is -2.33. The van der Waals surface area contributed by atoms with E-state index >= 15 is 4.39 Å². The van der Waals surface area contributed by atoms with Crippen molar-refractivity contribution >= 4 is 44.0 Å². The molecule has 1 fully saturated rings. The van der Waals surface area contributed by atoms with Gasteiger partial charge in [0.1, 0.15) is 28.0 Å². The zero-order chi connectivity index (χ0) is 18.0. The summed E-state index contributed by atoms with van der Waals surface area (Å²) in [4.78, 5) is 27.5. The van der Waals surface area contributed by atoms with Crippen molar-refractivity contribution in [1.29, 1.82) is 0 Å². The van der Waals surface area contributed by atoms with Crippen LogP contribution in [0.2, 0.25) is 0 Å². The van der Waals surface area contributed by atoms with Gasteiger partial charge in [0, 0.05) is 13.1 Å². The smallest absolute Gasteiger partial charge is 0.271 e. The first-order chi connectivity index (χ1) is 12.6. The molecule has 6 nitrogen and oxygen atoms in total. The molecule has 134 valence electrons. The topological polar surface area (TPSA) is 67.3 Å². The van der Waals surface area contributed by atoms with E-state index in [4.69, 9.17) is 4.74 Å². The Bertz CT molecular complexity index is 1200. The van der Waals surface area contributed by atoms with Gasteiger partial charge < -0.3 is 9.64 Å². The van der Waals surface area contributed by atoms with Crippen LogP contribution in [0, 0.1) is 5.82 Å². The van der Waals surface area contributed by atoms with Crippen LogP contribution < -0.4 is 20.6 Å². The standard InChI is InChI=1S/C18H16FN3O3S/c1-9-8-25-16-13-10(7-11(19)14(16)21-5-3-2-4-6-21)15(23)12-17(24)20-26-18(12)22(9)13/h7H,1-6,8H2,(H,20,24). The molecule has 0 saturated carbocycles. The van der Waals surface area contributed by atoms with E-state index in [9.17, 15) is 9.59 Å². The van der Waals surface area contributed by atoms with Gasteiger partial charge in [0.15, 0.2) is 11.6 Å². The monoisotopic (exact) mass is 373 g/mol. The number of benzene rings is 1. The fourth-order valence-electron chi connectivity index (χ4n) is 3.96. The summed E-state index contributed by atoms with van der Waals surface area (Å²) in [6.45, 7) is 5.70. The molecule has 8 heteroatoms. The molecule has 0 atom stereocenters. The molecule has 2 aliphatic rings. The SMILES string of the molecule is C=C1COc2c(N3CCCCC3)c(F)cc3c(=O)c4c(=O)[nH]sc4n1c23. The molecule has 0 aliphatic carbocycles. The predicted octanol–water partition coefficient (Wildman–Crippen LogP) is 2.90. The number of nitrogens with one attached hydrogen (secondary N) is 1. The van der Waals surface area contributed by atoms with Crippen molar-refractivity contribution < 1.29 is 9.13 Å². The minimum atomic E-state index is -0.489. The Hall–Kier alpha value is -2.61. The number of halogens is 1. The molecule has 3 aromatic rings. The summed E-state index contributed by atoms with van der Waals surface area (Å²) in [5.74, 6) is -0.120. The van der Waals surface area contributed by atoms with Crippen LogP contribution in [0.25, 0.3) is 26.8 Å². The number of ether oxygens (including phenoxy) is 1. The Balaban J connectivity index is 1.97. The third-order valence-electron chi connectivity index (χ3n) is 5.13. The van der Waals surface area contributed by atoms with Crippen LogP contribution in [0.3, 0.4) is 0 Å². The highest BCUT2D eigenvalue weighted by Gasteiger charge is 2.30. The van der Waals surface area contributed by atoms with Crippen LogP contribution in [0.5, 0.6) is 5.75 Å². The average molecular weight is 373 g/mol. The Morgan fingerprint density at radius 3 is 2.77 bits per heavy atom. The Morgan fingerprint density at radius 1 is 1.23 bits per heavy atom. The number of anilines is 1. The summed E-state index contributed by atoms with van der Waals surface area (Å²) < 4.78 is 25.3. The van der Waals surface area contributed by atoms with Crippen molar-refractivity contribution in [3.63, 3.8) is 0 Å². The number of rotatable bonds is 1. The van der Waals surface area contributed by atoms with Crippen LogP contribution in [0.15, 0.2) is 22.2 Å². The highest BCUT2D eigenvalue weighted by Crippen LogP contribution is 2.43. The van der Waals surface area contributed by atoms with E-state index in [1.807, 2.05) is 4.90 Å². The first kappa shape index (κ1) is 15.6. The van der Waals surface area contributed by atoms with Gasteiger partial charge in [-0.25, -0.2) is 4.39 Å². The van der Waals surface area contributed by atoms with Crippen LogP contribution >= 0.6 is 11.5 Å². The van der Waals surface area contributed by atoms with Crippen LogP contribution in [0.4, 0.5) is 10.1 Å². The van der Waals surface area contributed by atoms with Crippen molar-refractivity contribution in [2.24, 2.45) is 0 Å². The summed E-state index contributed by atoms with van der Waals surface area (Å²) in [6.07, 6.45) is 3.12. The molecule has 2 aliphatic heterocycles. The third kappa shape index (κ3) is 1.96. The Morgan fingerprint density at radius 2 is 2.00 bits per heavy atom. The average Bonchev–Trinajstić information content (AvgIpc) is 3.03. The molecule has 0 spiro atoms. The summed E-state index contributed by atoms with van der Waals surface area (Å²) in [5.41, 5.74) is 0.578. The fourth-order valence-corrected chi connectivity index (χ4v) is 4.85. The largest absolute Gasteiger partial charge is 0.483 e. The summed E-state index contributed by atoms with van der Waals surface area (Å²) in [7, 11) is 0. The van der Waals surface area contributed by atoms with E-state index in [-0.39, 0.29) is 17.4 Å². The number of piperidine rings is 1. The number of aromatic nitrogens is 2. The third-order valence-corrected chi connectivity index (χ3v) is 6.00. The number of H-pyrrole nitrogens is 1. The Labute approximate surface area is 151 Å². The maximum Gasteiger partial charge on any atom is 0.271 e. The van der Waals surface area contributed by atoms with Crippen LogP contribution in [0.1, 0.15) is 19.3 Å². The lowest BCUT2D eigenvalue weighted by molar-refractivity contribution is 0.356. The van der Waals surface area contributed by atoms with Crippen molar-refractivity contribution in [2.75, 3.05) is 24.6 Å². The second-order valence-corrected chi connectivity index (χ2v) is 7.51. The van der Waals surface area contributed by atoms with Crippen molar-refractivity contribution in [1.82, 2.24) is 8.94 Å². The van der Waals surface area contributed by atoms with Gasteiger partial charge >= 0.3 is 0 Å². The minimum absolute atomic E-state index is 0.0432. The highest BCUT2D eigenvalue weighted by molar-refractivity contribution is 7.12. The minimum Gasteiger partial charge on any atom is -0.483 e. The molecule has 0 bridgehead atoms. The van der Waals surface area contributed by atoms with E-state index in [1.165, 1.54) is 6.07 Å². The molecule has 0 unspecified atom stereocenters. The van der Waals surface area contributed by atoms with Gasteiger partial charge in [0.2, 0.25) is 5.43 Å². The molecular formula is C18H16FN3O3S. The van der Waals surface area contributed by atoms with Gasteiger partial charge in [0.25, 0.3) is 5.56 Å². The van der Waals surface area contributed by atoms with Gasteiger partial charge in [-0.2, -0.15) is 0 Å². The van der Waals surface area contributed by atoms with E-state index in [2.05, 4.69) is 11.0 Å². The van der Waals surface area contributed by atoms with Gasteiger partial charge in [-0.3, -0.25) is 18.5 Å². The second-order valence-electron chi connectivity index (χ2n) is 6.71. The lowest BCUT2D eigenvalue weighted by atomic mass is 10.1. The summed E-state index contributed by atoms with van der Waals surface area (Å²) >= 11 is 1.09. The maximum atomic E-state index is 15.0. The number of nitrogens with zero attached hydrogens (tertiary/aromatic N) is 2. The van der Waals surface area contributed by atoms with Gasteiger partial charge in [-0.05, 0) is 36.9 Å². The Kier molecular flexibility index (Phi) is 3.27. The molecule has 4 heterocycles. The van der Waals surface area contributed by atoms with Crippen LogP contribution in [-0.4, -0.2) is 28.6 Å². The van der Waals surface area contributed by atoms with Gasteiger partial charge in [-0.15, -0.1) is 0 Å². The molecule has 26 heavy (non-hydrogen) atoms. The molecule has 0 amide bonds. The van der Waals surface area contributed by atoms with E-state index in [0.29, 0.717) is 27.5 Å². The normalized spacial score (nSPS) is 17.1. The molecule has 1 saturated heterocycles. The summed E-state index contributed by atoms with van der Waals surface area (Å²) in [5, 5.41) is 0.192. The first-order valence-electron chi connectivity index (χ1n) is 8.56. The quantitative estimate of drug-likeness (QED) is 0.712. The zero-order valence-electron chi connectivity index (χ0n) is 13.9. The fraction of sp³-hybridized carbons (Fsp3) is 0.333. The lowest BCUT2D eigenvalue weighted by Crippen LogP contribution is -2.32. The number of hydrogen-bond donors (Lipinski definition) is 1. The van der Waals surface area contributed by atoms with Crippen molar-refractivity contribution in [3.8, 4) is 5.75 Å². The van der Waals surface area contributed by atoms with Crippen molar-refractivity contribution in [3.05, 3.63) is 39.0 Å². The molecule has 1 aromatic carbocycles. The number of fused-ring (bicyclic) bond motifs is 2. The molecular weight excluding hydrogens is 357 g/mol. The van der Waals surface area contributed by atoms with Gasteiger partial charge in [0.05, 0.1) is 11.1 Å². The summed E-state index contributed by atoms with van der Waals surface area (Å²) in [6, 6.07) is 1.24. The van der Waals surface area contributed by atoms with Gasteiger partial charge in [-0.1, -0.05) is 6.58 Å². The molecule has 0 radical (unpaired) electrons. The van der Waals surface area contributed by atoms with E-state index < -0.39 is 16.8 Å². The maximum absolute atomic E-state index is 15.0. The van der Waals surface area contributed by atoms with E-state index in [1.54, 1.807) is 4.57 Å². The first-order valence-corrected chi connectivity index (χ1v) is 9.38. The second kappa shape index (κ2) is 5.44. The zero-order valence-corrected chi connectivity index (χ0v) is 14.7. The predicted molar refractivity (Wildman–Crippen MR) is 101 cm³/mol. The van der Waals surface area contributed by atoms with Crippen LogP contribution in [-0.2, 0) is 0 Å². The highest BCUT2D eigenvalue weighted by atomic mass is 32.1. The van der Waals surface area contributed by atoms with E-state index in [0.717, 1.165) is 43.9 Å². The molecule has 1 N–H and O–H groups in total. The number of hydrogen-bond acceptors (Lipinski definition) is 5. The van der Waals surface area contributed by atoms with Crippen molar-refractivity contribution in [2.45, 2.75) is 19.3 Å². The molecule has 2 aromatic heterocycles. The molecule has 5 rings (SSSR count).